The molecule has 0 bridgehead atoms. The third-order valence-electron chi connectivity index (χ3n) is 4.10. The minimum absolute atomic E-state index is 0.186. The number of aromatic hydroxyl groups is 1. The molecule has 2 aromatic rings. The predicted octanol–water partition coefficient (Wildman–Crippen LogP) is 2.58. The number of aliphatic imine (C=N–C) groups is 1. The fraction of sp³-hybridized carbons (Fsp3) is 0.222. The molecule has 1 aliphatic rings. The second-order valence-corrected chi connectivity index (χ2v) is 5.55. The van der Waals surface area contributed by atoms with Crippen LogP contribution in [0.25, 0.3) is 11.6 Å². The lowest BCUT2D eigenvalue weighted by Crippen LogP contribution is -2.22. The minimum atomic E-state index is 0.186. The Kier molecular flexibility index (Phi) is 3.78. The van der Waals surface area contributed by atoms with Crippen LogP contribution in [0.15, 0.2) is 40.8 Å². The van der Waals surface area contributed by atoms with Gasteiger partial charge in [0.05, 0.1) is 5.69 Å². The average Bonchev–Trinajstić information content (AvgIpc) is 3.02. The van der Waals surface area contributed by atoms with Gasteiger partial charge in [0, 0.05) is 38.5 Å². The van der Waals surface area contributed by atoms with E-state index in [1.807, 2.05) is 30.0 Å². The average molecular weight is 308 g/mol. The van der Waals surface area contributed by atoms with Crippen molar-refractivity contribution in [1.82, 2.24) is 9.13 Å². The van der Waals surface area contributed by atoms with Crippen molar-refractivity contribution in [3.8, 4) is 5.88 Å². The zero-order valence-corrected chi connectivity index (χ0v) is 13.6. The lowest BCUT2D eigenvalue weighted by molar-refractivity contribution is 0.427. The predicted molar refractivity (Wildman–Crippen MR) is 93.9 cm³/mol. The van der Waals surface area contributed by atoms with E-state index in [0.717, 1.165) is 23.2 Å². The Hall–Kier alpha value is -2.82. The molecule has 0 atom stereocenters. The number of benzene rings is 1. The molecule has 0 aliphatic carbocycles. The number of hydrogen-bond donors (Lipinski definition) is 1. The van der Waals surface area contributed by atoms with Crippen molar-refractivity contribution in [3.05, 3.63) is 53.3 Å². The van der Waals surface area contributed by atoms with E-state index >= 15 is 0 Å². The molecule has 5 nitrogen and oxygen atoms in total. The van der Waals surface area contributed by atoms with E-state index in [9.17, 15) is 5.11 Å². The first-order valence-corrected chi connectivity index (χ1v) is 7.44. The number of nitrogens with zero attached hydrogens (tertiary/aromatic N) is 4. The summed E-state index contributed by atoms with van der Waals surface area (Å²) in [6.45, 7) is 3.77. The summed E-state index contributed by atoms with van der Waals surface area (Å²) < 4.78 is 3.52. The molecule has 118 valence electrons. The molecule has 0 radical (unpaired) electrons. The lowest BCUT2D eigenvalue weighted by Gasteiger charge is -2.03. The fourth-order valence-electron chi connectivity index (χ4n) is 2.90. The van der Waals surface area contributed by atoms with Gasteiger partial charge in [-0.25, -0.2) is 0 Å². The molecular formula is C18H20N4O. The molecule has 23 heavy (non-hydrogen) atoms. The highest BCUT2D eigenvalue weighted by atomic mass is 16.3. The van der Waals surface area contributed by atoms with Gasteiger partial charge in [0.2, 0.25) is 11.5 Å². The third-order valence-corrected chi connectivity index (χ3v) is 4.10. The summed E-state index contributed by atoms with van der Waals surface area (Å²) in [6, 6.07) is 6.23. The van der Waals surface area contributed by atoms with Crippen LogP contribution in [0.2, 0.25) is 0 Å². The monoisotopic (exact) mass is 308 g/mol. The van der Waals surface area contributed by atoms with Crippen LogP contribution >= 0.6 is 0 Å². The van der Waals surface area contributed by atoms with Crippen LogP contribution < -0.4 is 5.62 Å². The number of fused-ring (bicyclic) bond motifs is 1. The highest BCUT2D eigenvalue weighted by molar-refractivity contribution is 6.21. The van der Waals surface area contributed by atoms with Crippen molar-refractivity contribution < 1.29 is 5.11 Å². The number of aromatic nitrogens is 2. The van der Waals surface area contributed by atoms with Gasteiger partial charge in [-0.05, 0) is 24.1 Å². The quantitative estimate of drug-likeness (QED) is 0.871. The molecular weight excluding hydrogens is 288 g/mol. The molecule has 0 spiro atoms. The van der Waals surface area contributed by atoms with E-state index in [4.69, 9.17) is 0 Å². The van der Waals surface area contributed by atoms with Gasteiger partial charge in [0.25, 0.3) is 0 Å². The summed E-state index contributed by atoms with van der Waals surface area (Å²) in [5.41, 5.74) is 5.59. The van der Waals surface area contributed by atoms with Crippen LogP contribution in [0.1, 0.15) is 16.8 Å². The molecule has 0 saturated heterocycles. The van der Waals surface area contributed by atoms with Gasteiger partial charge in [-0.3, -0.25) is 14.6 Å². The molecule has 0 fully saturated rings. The number of imidazole rings is 1. The first-order chi connectivity index (χ1) is 11.1. The summed E-state index contributed by atoms with van der Waals surface area (Å²) >= 11 is 0. The van der Waals surface area contributed by atoms with Gasteiger partial charge in [-0.2, -0.15) is 0 Å². The summed E-state index contributed by atoms with van der Waals surface area (Å²) in [4.78, 5) is 8.68. The minimum Gasteiger partial charge on any atom is -0.493 e. The van der Waals surface area contributed by atoms with Gasteiger partial charge in [0.1, 0.15) is 5.69 Å². The van der Waals surface area contributed by atoms with E-state index in [0.29, 0.717) is 11.3 Å². The Bertz CT molecular complexity index is 910. The summed E-state index contributed by atoms with van der Waals surface area (Å²) in [5, 5.41) is 10.3. The van der Waals surface area contributed by atoms with Gasteiger partial charge >= 0.3 is 0 Å². The van der Waals surface area contributed by atoms with Crippen molar-refractivity contribution in [2.75, 3.05) is 7.05 Å². The van der Waals surface area contributed by atoms with E-state index in [1.54, 1.807) is 18.7 Å². The molecule has 2 heterocycles. The van der Waals surface area contributed by atoms with Gasteiger partial charge in [0.15, 0.2) is 0 Å². The number of hydrogen-bond acceptors (Lipinski definition) is 3. The lowest BCUT2D eigenvalue weighted by atomic mass is 10.0. The normalized spacial score (nSPS) is 15.4. The molecule has 1 N–H and O–H groups in total. The Morgan fingerprint density at radius 1 is 1.30 bits per heavy atom. The molecule has 1 aromatic carbocycles. The highest BCUT2D eigenvalue weighted by Crippen LogP contribution is 2.34. The highest BCUT2D eigenvalue weighted by Gasteiger charge is 2.16. The van der Waals surface area contributed by atoms with E-state index in [1.165, 1.54) is 5.56 Å². The van der Waals surface area contributed by atoms with Crippen molar-refractivity contribution in [1.29, 1.82) is 0 Å². The van der Waals surface area contributed by atoms with Crippen molar-refractivity contribution in [3.63, 3.8) is 0 Å². The van der Waals surface area contributed by atoms with Crippen LogP contribution in [0.4, 0.5) is 5.69 Å². The fourth-order valence-corrected chi connectivity index (χ4v) is 2.90. The van der Waals surface area contributed by atoms with Gasteiger partial charge in [-0.1, -0.05) is 18.2 Å². The Balaban J connectivity index is 2.09. The number of allylic oxidation sites excluding steroid dienone is 2. The molecule has 1 aliphatic heterocycles. The summed E-state index contributed by atoms with van der Waals surface area (Å²) in [7, 11) is 5.38. The van der Waals surface area contributed by atoms with Crippen LogP contribution in [-0.2, 0) is 20.5 Å². The Labute approximate surface area is 135 Å². The molecule has 3 rings (SSSR count). The van der Waals surface area contributed by atoms with Crippen molar-refractivity contribution >= 4 is 23.6 Å². The molecule has 0 saturated carbocycles. The zero-order chi connectivity index (χ0) is 16.6. The Morgan fingerprint density at radius 2 is 2.09 bits per heavy atom. The van der Waals surface area contributed by atoms with Crippen LogP contribution in [0.5, 0.6) is 5.88 Å². The zero-order valence-electron chi connectivity index (χ0n) is 13.6. The largest absolute Gasteiger partial charge is 0.493 e. The van der Waals surface area contributed by atoms with Crippen molar-refractivity contribution in [2.45, 2.75) is 6.42 Å². The standard InChI is InChI=1S/C18H20N4O/c1-5-6-12-7-8-14-13(11-20-15(14)9-12)10-16-17(23)22(4)18(19-2)21(16)3/h5,7-11,23H,1,6H2,2-4H3. The van der Waals surface area contributed by atoms with Crippen LogP contribution in [0.3, 0.4) is 0 Å². The summed E-state index contributed by atoms with van der Waals surface area (Å²) in [5.74, 6) is 0.186. The molecule has 5 heteroatoms. The second-order valence-electron chi connectivity index (χ2n) is 5.55. The van der Waals surface area contributed by atoms with Gasteiger partial charge in [-0.15, -0.1) is 6.58 Å². The topological polar surface area (TPSA) is 54.8 Å². The molecule has 0 amide bonds. The smallest absolute Gasteiger partial charge is 0.218 e. The SMILES string of the molecule is C=CCc1ccc2c(c1)N=CC2=Cc1c(O)n(C)c(=NC)n1C. The van der Waals surface area contributed by atoms with Crippen molar-refractivity contribution in [2.24, 2.45) is 24.1 Å². The first-order valence-electron chi connectivity index (χ1n) is 7.44. The number of rotatable bonds is 3. The molecule has 1 aromatic heterocycles. The van der Waals surface area contributed by atoms with E-state index < -0.39 is 0 Å². The van der Waals surface area contributed by atoms with Crippen LogP contribution in [0, 0.1) is 0 Å². The maximum absolute atomic E-state index is 10.3. The Morgan fingerprint density at radius 3 is 2.74 bits per heavy atom. The van der Waals surface area contributed by atoms with Crippen LogP contribution in [-0.4, -0.2) is 27.5 Å². The third kappa shape index (κ3) is 2.44. The molecule has 0 unspecified atom stereocenters. The van der Waals surface area contributed by atoms with E-state index in [2.05, 4.69) is 34.8 Å². The summed E-state index contributed by atoms with van der Waals surface area (Å²) in [6.07, 6.45) is 6.48. The second kappa shape index (κ2) is 5.76. The maximum atomic E-state index is 10.3. The van der Waals surface area contributed by atoms with Gasteiger partial charge < -0.3 is 9.67 Å². The maximum Gasteiger partial charge on any atom is 0.218 e. The van der Waals surface area contributed by atoms with E-state index in [-0.39, 0.29) is 5.88 Å². The first kappa shape index (κ1) is 15.1.